The average molecular weight is 306 g/mol. The molecule has 124 valence electrons. The Morgan fingerprint density at radius 1 is 1.36 bits per heavy atom. The van der Waals surface area contributed by atoms with Crippen LogP contribution >= 0.6 is 0 Å². The van der Waals surface area contributed by atoms with Gasteiger partial charge in [-0.3, -0.25) is 14.6 Å². The summed E-state index contributed by atoms with van der Waals surface area (Å²) in [6.45, 7) is 10.3. The molecule has 6 nitrogen and oxygen atoms in total. The molecule has 1 atom stereocenters. The van der Waals surface area contributed by atoms with Crippen molar-refractivity contribution in [2.24, 2.45) is 4.99 Å². The smallest absolute Gasteiger partial charge is 0.191 e. The molecule has 0 spiro atoms. The first-order valence-corrected chi connectivity index (χ1v) is 8.57. The van der Waals surface area contributed by atoms with E-state index in [-0.39, 0.29) is 0 Å². The molecule has 0 radical (unpaired) electrons. The maximum Gasteiger partial charge on any atom is 0.191 e. The second kappa shape index (κ2) is 9.46. The highest BCUT2D eigenvalue weighted by molar-refractivity contribution is 5.79. The molecule has 2 heterocycles. The number of likely N-dealkylation sites (tertiary alicyclic amines) is 1. The predicted molar refractivity (Wildman–Crippen MR) is 91.1 cm³/mol. The molecule has 0 aromatic carbocycles. The Kier molecular flexibility index (Phi) is 7.22. The van der Waals surface area contributed by atoms with Gasteiger partial charge in [-0.05, 0) is 45.3 Å². The first-order chi connectivity index (χ1) is 10.8. The maximum atomic E-state index is 4.76. The standard InChI is InChI=1S/C16H30N6/c1-3-17-16(18-9-6-12-22-13-7-10-20-22)19-14-15-8-5-11-21(15)4-2/h7,10,13,15H,3-6,8-9,11-12,14H2,1-2H3,(H2,17,18,19). The monoisotopic (exact) mass is 306 g/mol. The fraction of sp³-hybridized carbons (Fsp3) is 0.750. The lowest BCUT2D eigenvalue weighted by Gasteiger charge is -2.21. The molecule has 1 aromatic rings. The second-order valence-electron chi connectivity index (χ2n) is 5.69. The van der Waals surface area contributed by atoms with Crippen molar-refractivity contribution in [1.82, 2.24) is 25.3 Å². The number of likely N-dealkylation sites (N-methyl/N-ethyl adjacent to an activating group) is 1. The first kappa shape index (κ1) is 16.8. The molecule has 0 aliphatic carbocycles. The van der Waals surface area contributed by atoms with Gasteiger partial charge in [0.25, 0.3) is 0 Å². The van der Waals surface area contributed by atoms with Crippen molar-refractivity contribution >= 4 is 5.96 Å². The summed E-state index contributed by atoms with van der Waals surface area (Å²) in [5.74, 6) is 0.936. The Balaban J connectivity index is 1.72. The molecule has 1 aliphatic heterocycles. The van der Waals surface area contributed by atoms with Gasteiger partial charge in [-0.1, -0.05) is 6.92 Å². The van der Waals surface area contributed by atoms with E-state index < -0.39 is 0 Å². The van der Waals surface area contributed by atoms with Crippen molar-refractivity contribution in [2.75, 3.05) is 32.7 Å². The molecule has 2 N–H and O–H groups in total. The van der Waals surface area contributed by atoms with Crippen LogP contribution in [-0.4, -0.2) is 59.4 Å². The molecular formula is C16H30N6. The molecule has 1 fully saturated rings. The van der Waals surface area contributed by atoms with Crippen LogP contribution in [0, 0.1) is 0 Å². The molecule has 1 aliphatic rings. The zero-order valence-corrected chi connectivity index (χ0v) is 14.0. The first-order valence-electron chi connectivity index (χ1n) is 8.57. The summed E-state index contributed by atoms with van der Waals surface area (Å²) in [5.41, 5.74) is 0. The van der Waals surface area contributed by atoms with Crippen LogP contribution in [0.15, 0.2) is 23.5 Å². The molecule has 22 heavy (non-hydrogen) atoms. The predicted octanol–water partition coefficient (Wildman–Crippen LogP) is 1.31. The van der Waals surface area contributed by atoms with Crippen LogP contribution in [0.3, 0.4) is 0 Å². The van der Waals surface area contributed by atoms with E-state index in [9.17, 15) is 0 Å². The van der Waals surface area contributed by atoms with E-state index in [1.165, 1.54) is 19.4 Å². The summed E-state index contributed by atoms with van der Waals surface area (Å²) in [6.07, 6.45) is 7.44. The number of nitrogens with zero attached hydrogens (tertiary/aromatic N) is 4. The van der Waals surface area contributed by atoms with Crippen LogP contribution in [0.1, 0.15) is 33.1 Å². The molecular weight excluding hydrogens is 276 g/mol. The fourth-order valence-electron chi connectivity index (χ4n) is 2.94. The molecule has 2 rings (SSSR count). The minimum absolute atomic E-state index is 0.615. The fourth-order valence-corrected chi connectivity index (χ4v) is 2.94. The van der Waals surface area contributed by atoms with E-state index in [4.69, 9.17) is 4.99 Å². The zero-order valence-electron chi connectivity index (χ0n) is 14.0. The Bertz CT molecular complexity index is 428. The van der Waals surface area contributed by atoms with Crippen molar-refractivity contribution in [3.05, 3.63) is 18.5 Å². The third kappa shape index (κ3) is 5.33. The maximum absolute atomic E-state index is 4.76. The minimum Gasteiger partial charge on any atom is -0.357 e. The van der Waals surface area contributed by atoms with E-state index in [0.29, 0.717) is 6.04 Å². The van der Waals surface area contributed by atoms with E-state index in [2.05, 4.69) is 34.5 Å². The largest absolute Gasteiger partial charge is 0.357 e. The Hall–Kier alpha value is -1.56. The molecule has 6 heteroatoms. The molecule has 0 bridgehead atoms. The van der Waals surface area contributed by atoms with Gasteiger partial charge in [-0.2, -0.15) is 5.10 Å². The van der Waals surface area contributed by atoms with Crippen molar-refractivity contribution in [3.8, 4) is 0 Å². The summed E-state index contributed by atoms with van der Waals surface area (Å²) in [7, 11) is 0. The number of hydrogen-bond acceptors (Lipinski definition) is 3. The Labute approximate surface area is 134 Å². The van der Waals surface area contributed by atoms with Gasteiger partial charge >= 0.3 is 0 Å². The number of hydrogen-bond donors (Lipinski definition) is 2. The summed E-state index contributed by atoms with van der Waals surface area (Å²) in [4.78, 5) is 7.29. The van der Waals surface area contributed by atoms with Crippen LogP contribution in [0.5, 0.6) is 0 Å². The van der Waals surface area contributed by atoms with Gasteiger partial charge in [-0.25, -0.2) is 0 Å². The molecule has 1 aromatic heterocycles. The van der Waals surface area contributed by atoms with E-state index in [1.54, 1.807) is 0 Å². The van der Waals surface area contributed by atoms with Gasteiger partial charge in [0, 0.05) is 38.1 Å². The second-order valence-corrected chi connectivity index (χ2v) is 5.69. The number of guanidine groups is 1. The van der Waals surface area contributed by atoms with E-state index in [0.717, 1.165) is 45.1 Å². The van der Waals surface area contributed by atoms with Gasteiger partial charge in [0.1, 0.15) is 0 Å². The lowest BCUT2D eigenvalue weighted by molar-refractivity contribution is 0.273. The summed E-state index contributed by atoms with van der Waals surface area (Å²) in [6, 6.07) is 2.57. The third-order valence-electron chi connectivity index (χ3n) is 4.13. The number of aromatic nitrogens is 2. The lowest BCUT2D eigenvalue weighted by Crippen LogP contribution is -2.39. The lowest BCUT2D eigenvalue weighted by atomic mass is 10.2. The van der Waals surface area contributed by atoms with E-state index >= 15 is 0 Å². The Morgan fingerprint density at radius 3 is 3.00 bits per heavy atom. The van der Waals surface area contributed by atoms with Crippen LogP contribution < -0.4 is 10.6 Å². The summed E-state index contributed by atoms with van der Waals surface area (Å²) < 4.78 is 1.96. The van der Waals surface area contributed by atoms with Gasteiger partial charge in [-0.15, -0.1) is 0 Å². The molecule has 0 saturated carbocycles. The Morgan fingerprint density at radius 2 is 2.27 bits per heavy atom. The zero-order chi connectivity index (χ0) is 15.6. The molecule has 0 amide bonds. The van der Waals surface area contributed by atoms with Crippen LogP contribution in [0.25, 0.3) is 0 Å². The summed E-state index contributed by atoms with van der Waals surface area (Å²) in [5, 5.41) is 11.0. The van der Waals surface area contributed by atoms with Crippen LogP contribution in [-0.2, 0) is 6.54 Å². The SMILES string of the molecule is CCNC(=NCC1CCCN1CC)NCCCn1cccn1. The van der Waals surface area contributed by atoms with Crippen molar-refractivity contribution in [2.45, 2.75) is 45.7 Å². The number of aliphatic imine (C=N–C) groups is 1. The minimum atomic E-state index is 0.615. The van der Waals surface area contributed by atoms with Crippen molar-refractivity contribution in [3.63, 3.8) is 0 Å². The van der Waals surface area contributed by atoms with Crippen LogP contribution in [0.4, 0.5) is 0 Å². The topological polar surface area (TPSA) is 57.5 Å². The number of aryl methyl sites for hydroxylation is 1. The quantitative estimate of drug-likeness (QED) is 0.432. The average Bonchev–Trinajstić information content (AvgIpc) is 3.19. The van der Waals surface area contributed by atoms with Gasteiger partial charge in [0.2, 0.25) is 0 Å². The van der Waals surface area contributed by atoms with Crippen molar-refractivity contribution < 1.29 is 0 Å². The highest BCUT2D eigenvalue weighted by Gasteiger charge is 2.22. The molecule has 1 unspecified atom stereocenters. The number of nitrogens with one attached hydrogen (secondary N) is 2. The van der Waals surface area contributed by atoms with E-state index in [1.807, 2.05) is 23.1 Å². The third-order valence-corrected chi connectivity index (χ3v) is 4.13. The van der Waals surface area contributed by atoms with Gasteiger partial charge in [0.15, 0.2) is 5.96 Å². The number of rotatable bonds is 8. The normalized spacial score (nSPS) is 19.5. The highest BCUT2D eigenvalue weighted by atomic mass is 15.3. The van der Waals surface area contributed by atoms with Gasteiger partial charge in [0.05, 0.1) is 6.54 Å². The van der Waals surface area contributed by atoms with Crippen LogP contribution in [0.2, 0.25) is 0 Å². The van der Waals surface area contributed by atoms with Gasteiger partial charge < -0.3 is 10.6 Å². The van der Waals surface area contributed by atoms with Crippen molar-refractivity contribution in [1.29, 1.82) is 0 Å². The summed E-state index contributed by atoms with van der Waals surface area (Å²) >= 11 is 0. The highest BCUT2D eigenvalue weighted by Crippen LogP contribution is 2.16. The molecule has 1 saturated heterocycles.